The molecule has 12 aromatic rings. The summed E-state index contributed by atoms with van der Waals surface area (Å²) in [6, 6.07) is 47.3. The fourth-order valence-corrected chi connectivity index (χ4v) is 15.3. The Morgan fingerprint density at radius 1 is 0.365 bits per heavy atom. The first-order chi connectivity index (χ1) is 59.8. The molecule has 4 aromatic heterocycles. The molecule has 2 N–H and O–H groups in total. The average Bonchev–Trinajstić information content (AvgIpc) is 1.63. The Kier molecular flexibility index (Phi) is 44.2. The van der Waals surface area contributed by atoms with Gasteiger partial charge in [-0.25, -0.2) is 0 Å². The van der Waals surface area contributed by atoms with Crippen LogP contribution in [0.15, 0.2) is 170 Å². The molecule has 8 aromatic carbocycles. The number of carboxylic acids is 1. The first-order valence-corrected chi connectivity index (χ1v) is 44.7. The van der Waals surface area contributed by atoms with E-state index in [1.54, 1.807) is 190 Å². The number of aliphatic hydroxyl groups is 1. The quantitative estimate of drug-likeness (QED) is 0.00989. The molecule has 666 valence electrons. The third-order valence-corrected chi connectivity index (χ3v) is 22.9. The van der Waals surface area contributed by atoms with E-state index in [-0.39, 0.29) is 67.7 Å². The van der Waals surface area contributed by atoms with Gasteiger partial charge in [0.05, 0.1) is 55.7 Å². The molecule has 0 aliphatic heterocycles. The SMILES string of the molecule is COc1ccc2c(c1)c(CC(=O)Cl)c(C)n2C(=O)c1ccc(Cl)cc1.COc1ccc2c(c1)c(CC(=O)OCCCCCCCCBr)c(C)n2C(=O)c1ccc(Cl)cc1.Cc1c(CC(=O)Cl)c2cc(C=O)ccc2n1C(=O)c1ccc(Cl)cc1.Cc1c(CC(=O)O)c2cc(C=O)ccc2n1C(=O)c1ccc(Cl)cc1.O=C(Cl)C(=O)Cl.OCCCCCCCCBr.[Cl-]. The Labute approximate surface area is 791 Å². The van der Waals surface area contributed by atoms with Crippen LogP contribution < -0.4 is 21.9 Å². The van der Waals surface area contributed by atoms with Crippen molar-refractivity contribution >= 4 is 237 Å². The van der Waals surface area contributed by atoms with Crippen molar-refractivity contribution in [3.63, 3.8) is 0 Å². The smallest absolute Gasteiger partial charge is 0.310 e. The number of esters is 1. The van der Waals surface area contributed by atoms with Gasteiger partial charge in [-0.2, -0.15) is 0 Å². The van der Waals surface area contributed by atoms with E-state index in [1.807, 2.05) is 31.2 Å². The number of ether oxygens (including phenoxy) is 3. The maximum Gasteiger partial charge on any atom is 0.310 e. The number of methoxy groups -OCH3 is 2. The van der Waals surface area contributed by atoms with Crippen molar-refractivity contribution in [3.05, 3.63) is 268 Å². The molecule has 126 heavy (non-hydrogen) atoms. The zero-order chi connectivity index (χ0) is 91.7. The second-order valence-electron chi connectivity index (χ2n) is 28.3. The highest BCUT2D eigenvalue weighted by Crippen LogP contribution is 2.36. The summed E-state index contributed by atoms with van der Waals surface area (Å²) in [4.78, 5) is 140. The van der Waals surface area contributed by atoms with E-state index in [0.717, 1.165) is 70.0 Å². The zero-order valence-corrected chi connectivity index (χ0v) is 79.4. The van der Waals surface area contributed by atoms with Crippen LogP contribution in [-0.2, 0) is 59.2 Å². The van der Waals surface area contributed by atoms with Crippen LogP contribution >= 0.6 is 125 Å². The van der Waals surface area contributed by atoms with Crippen molar-refractivity contribution in [1.82, 2.24) is 18.3 Å². The Hall–Kier alpha value is -9.31. The lowest BCUT2D eigenvalue weighted by Gasteiger charge is -2.08. The molecule has 0 aliphatic rings. The van der Waals surface area contributed by atoms with Gasteiger partial charge in [0.15, 0.2) is 0 Å². The minimum absolute atomic E-state index is 0. The molecule has 0 fully saturated rings. The lowest BCUT2D eigenvalue weighted by atomic mass is 10.1. The topological polar surface area (TPSA) is 293 Å². The van der Waals surface area contributed by atoms with E-state index < -0.39 is 26.9 Å². The number of aliphatic carboxylic acids is 1. The van der Waals surface area contributed by atoms with Crippen molar-refractivity contribution in [2.24, 2.45) is 0 Å². The maximum absolute atomic E-state index is 13.4. The van der Waals surface area contributed by atoms with Crippen molar-refractivity contribution in [3.8, 4) is 11.5 Å². The van der Waals surface area contributed by atoms with E-state index in [1.165, 1.54) is 60.5 Å². The van der Waals surface area contributed by atoms with Crippen LogP contribution in [0, 0.1) is 27.7 Å². The fourth-order valence-electron chi connectivity index (χ4n) is 13.8. The molecule has 0 saturated heterocycles. The summed E-state index contributed by atoms with van der Waals surface area (Å²) in [6.07, 6.45) is 15.4. The second-order valence-corrected chi connectivity index (χ2v) is 33.2. The Morgan fingerprint density at radius 2 is 0.635 bits per heavy atom. The van der Waals surface area contributed by atoms with Crippen LogP contribution in [0.3, 0.4) is 0 Å². The number of halogens is 11. The van der Waals surface area contributed by atoms with Gasteiger partial charge in [0.25, 0.3) is 23.6 Å². The number of aromatic nitrogens is 4. The monoisotopic (exact) mass is 2020 g/mol. The van der Waals surface area contributed by atoms with Gasteiger partial charge >= 0.3 is 22.4 Å². The van der Waals surface area contributed by atoms with Crippen molar-refractivity contribution in [1.29, 1.82) is 0 Å². The van der Waals surface area contributed by atoms with Crippen molar-refractivity contribution in [2.45, 2.75) is 130 Å². The van der Waals surface area contributed by atoms with Gasteiger partial charge in [0, 0.05) is 128 Å². The van der Waals surface area contributed by atoms with E-state index in [0.29, 0.717) is 146 Å². The van der Waals surface area contributed by atoms with E-state index in [2.05, 4.69) is 55.1 Å². The number of hydrogen-bond acceptors (Lipinski definition) is 16. The minimum Gasteiger partial charge on any atom is -1.00 e. The Balaban J connectivity index is 0.000000246. The molecule has 4 heterocycles. The lowest BCUT2D eigenvalue weighted by Crippen LogP contribution is -3.00. The first kappa shape index (κ1) is 105. The lowest BCUT2D eigenvalue weighted by molar-refractivity contribution is -0.143. The molecule has 21 nitrogen and oxygen atoms in total. The first-order valence-electron chi connectivity index (χ1n) is 39.4. The van der Waals surface area contributed by atoms with Gasteiger partial charge in [-0.05, 0) is 292 Å². The van der Waals surface area contributed by atoms with Crippen LogP contribution in [0.5, 0.6) is 11.5 Å². The summed E-state index contributed by atoms with van der Waals surface area (Å²) >= 11 is 50.6. The number of rotatable bonds is 32. The third kappa shape index (κ3) is 29.6. The summed E-state index contributed by atoms with van der Waals surface area (Å²) in [7, 11) is 3.16. The molecule has 0 saturated carbocycles. The summed E-state index contributed by atoms with van der Waals surface area (Å²) in [5.74, 6) is -0.881. The fraction of sp³-hybridized carbons (Fsp3) is 0.277. The molecule has 0 amide bonds. The number of fused-ring (bicyclic) bond motifs is 4. The minimum atomic E-state index is -1.14. The summed E-state index contributed by atoms with van der Waals surface area (Å²) in [5.41, 5.74) is 10.6. The molecule has 0 aliphatic carbocycles. The molecule has 0 radical (unpaired) electrons. The number of carboxylic acid groups (broad SMARTS) is 1. The average molecular weight is 2030 g/mol. The maximum atomic E-state index is 13.4. The van der Waals surface area contributed by atoms with Crippen LogP contribution in [0.1, 0.15) is 184 Å². The summed E-state index contributed by atoms with van der Waals surface area (Å²) < 4.78 is 22.4. The molecule has 0 atom stereocenters. The van der Waals surface area contributed by atoms with Gasteiger partial charge in [-0.1, -0.05) is 130 Å². The van der Waals surface area contributed by atoms with Gasteiger partial charge in [0.2, 0.25) is 10.5 Å². The van der Waals surface area contributed by atoms with Crippen LogP contribution in [-0.4, -0.2) is 136 Å². The third-order valence-electron chi connectivity index (χ3n) is 20.0. The number of hydrogen-bond donors (Lipinski definition) is 2. The molecule has 32 heteroatoms. The van der Waals surface area contributed by atoms with Gasteiger partial charge in [-0.15, -0.1) is 0 Å². The van der Waals surface area contributed by atoms with Gasteiger partial charge in [0.1, 0.15) is 24.1 Å². The van der Waals surface area contributed by atoms with E-state index in [4.69, 9.17) is 88.9 Å². The summed E-state index contributed by atoms with van der Waals surface area (Å²) in [5, 5.41) is 21.6. The summed E-state index contributed by atoms with van der Waals surface area (Å²) in [6.45, 7) is 7.89. The van der Waals surface area contributed by atoms with E-state index in [9.17, 15) is 62.6 Å². The molecule has 0 spiro atoms. The molecule has 0 unspecified atom stereocenters. The van der Waals surface area contributed by atoms with Crippen LogP contribution in [0.25, 0.3) is 43.6 Å². The normalized spacial score (nSPS) is 10.6. The molecule has 0 bridgehead atoms. The van der Waals surface area contributed by atoms with E-state index >= 15 is 0 Å². The molecule has 12 rings (SSSR count). The number of aliphatic hydroxyl groups excluding tert-OH is 1. The Morgan fingerprint density at radius 3 is 0.905 bits per heavy atom. The molecular weight excluding hydrogens is 1940 g/mol. The second kappa shape index (κ2) is 52.8. The Bertz CT molecular complexity index is 5680. The number of carbonyl (C=O) groups excluding carboxylic acids is 11. The molecular formula is C94H90Br2Cl9N4O17-. The van der Waals surface area contributed by atoms with Gasteiger partial charge < -0.3 is 36.8 Å². The highest BCUT2D eigenvalue weighted by atomic mass is 79.9. The number of carbonyl (C=O) groups is 12. The van der Waals surface area contributed by atoms with Crippen LogP contribution in [0.2, 0.25) is 20.1 Å². The predicted octanol–water partition coefficient (Wildman–Crippen LogP) is 20.1. The van der Waals surface area contributed by atoms with Gasteiger partial charge in [-0.3, -0.25) is 75.8 Å². The number of aldehydes is 2. The highest BCUT2D eigenvalue weighted by molar-refractivity contribution is 9.09. The van der Waals surface area contributed by atoms with Crippen molar-refractivity contribution < 1.29 is 94.4 Å². The van der Waals surface area contributed by atoms with Crippen molar-refractivity contribution in [2.75, 3.05) is 38.1 Å². The predicted molar refractivity (Wildman–Crippen MR) is 502 cm³/mol. The standard InChI is InChI=1S/C27H31BrClNO4.C19H15Cl2NO3.C19H13Cl2NO3.C19H14ClNO4.C8H17BrO.C2Cl2O2.ClH/c1-19-23(18-26(31)34-16-8-6-4-3-5-7-15-28)24-17-22(33-2)13-14-25(24)30(19)27(32)20-9-11-21(29)12-10-20;1-11-15(10-18(21)23)16-9-14(25-2)7-8-17(16)22(11)19(24)12-3-5-13(20)6-4-12;1-11-15(9-18(21)24)16-8-12(10-23)2-7-17(16)22(11)19(25)13-3-5-14(20)6-4-13;1-11-15(9-18(23)24)16-8-12(10-22)2-7-17(16)21(11)19(25)13-3-5-14(20)6-4-13;9-7-5-3-1-2-4-6-8-10;3-1(5)2(4)6;/h9-14,17H,3-8,15-16,18H2,1-2H3;3-9H,10H2,1-2H3;2-8,10H,9H2,1H3;2-8,10H,9H2,1H3,(H,23,24);10H,1-8H2;;1H/p-1. The number of alkyl halides is 2. The zero-order valence-electron chi connectivity index (χ0n) is 69.4. The number of benzene rings is 8. The number of unbranched alkanes of at least 4 members (excludes halogenated alkanes) is 10. The van der Waals surface area contributed by atoms with Crippen LogP contribution in [0.4, 0.5) is 0 Å². The highest BCUT2D eigenvalue weighted by Gasteiger charge is 2.27. The number of nitrogens with zero attached hydrogens (tertiary/aromatic N) is 4. The largest absolute Gasteiger partial charge is 1.00 e.